The van der Waals surface area contributed by atoms with Gasteiger partial charge in [-0.15, -0.1) is 0 Å². The van der Waals surface area contributed by atoms with Crippen molar-refractivity contribution in [2.24, 2.45) is 5.73 Å². The van der Waals surface area contributed by atoms with Crippen LogP contribution in [0.1, 0.15) is 16.8 Å². The summed E-state index contributed by atoms with van der Waals surface area (Å²) in [5.41, 5.74) is 10.8. The summed E-state index contributed by atoms with van der Waals surface area (Å²) in [5, 5.41) is 9.49. The monoisotopic (exact) mass is 418 g/mol. The fourth-order valence-corrected chi connectivity index (χ4v) is 3.77. The maximum atomic E-state index is 6.40. The topological polar surface area (TPSA) is 98.0 Å². The molecule has 0 atom stereocenters. The van der Waals surface area contributed by atoms with Crippen LogP contribution in [0.4, 0.5) is 5.95 Å². The largest absolute Gasteiger partial charge is 0.497 e. The Morgan fingerprint density at radius 1 is 1.20 bits per heavy atom. The first kappa shape index (κ1) is 19.8. The van der Waals surface area contributed by atoms with Crippen molar-refractivity contribution in [3.8, 4) is 5.75 Å². The van der Waals surface area contributed by atoms with Crippen molar-refractivity contribution in [1.82, 2.24) is 20.3 Å². The number of aromatic nitrogens is 3. The van der Waals surface area contributed by atoms with Gasteiger partial charge in [-0.1, -0.05) is 30.0 Å². The Balaban J connectivity index is 1.42. The quantitative estimate of drug-likeness (QED) is 0.537. The summed E-state index contributed by atoms with van der Waals surface area (Å²) >= 11 is 1.54. The minimum absolute atomic E-state index is 0.545. The van der Waals surface area contributed by atoms with Crippen molar-refractivity contribution >= 4 is 29.1 Å². The lowest BCUT2D eigenvalue weighted by Gasteiger charge is -2.10. The Morgan fingerprint density at radius 2 is 2.13 bits per heavy atom. The number of ether oxygens (including phenoxy) is 1. The maximum absolute atomic E-state index is 6.40. The van der Waals surface area contributed by atoms with Gasteiger partial charge in [0.1, 0.15) is 10.8 Å². The zero-order valence-corrected chi connectivity index (χ0v) is 17.3. The van der Waals surface area contributed by atoms with Crippen molar-refractivity contribution < 1.29 is 4.74 Å². The van der Waals surface area contributed by atoms with Gasteiger partial charge in [-0.25, -0.2) is 9.97 Å². The van der Waals surface area contributed by atoms with Crippen LogP contribution in [0.5, 0.6) is 5.75 Å². The average molecular weight is 419 g/mol. The first-order chi connectivity index (χ1) is 14.7. The summed E-state index contributed by atoms with van der Waals surface area (Å²) in [6.45, 7) is 0.708. The smallest absolute Gasteiger partial charge is 0.223 e. The number of nitrogens with two attached hydrogens (primary N) is 1. The molecule has 3 heterocycles. The number of thioether (sulfide) groups is 1. The van der Waals surface area contributed by atoms with E-state index in [9.17, 15) is 0 Å². The van der Waals surface area contributed by atoms with Crippen LogP contribution in [0.3, 0.4) is 0 Å². The molecular formula is C22H22N6OS. The molecule has 0 bridgehead atoms. The summed E-state index contributed by atoms with van der Waals surface area (Å²) in [5.74, 6) is 1.35. The number of methoxy groups -OCH3 is 1. The molecule has 0 radical (unpaired) electrons. The molecule has 1 aromatic carbocycles. The highest BCUT2D eigenvalue weighted by Gasteiger charge is 2.17. The van der Waals surface area contributed by atoms with Gasteiger partial charge in [-0.3, -0.25) is 4.98 Å². The number of pyridine rings is 1. The molecule has 8 heteroatoms. The van der Waals surface area contributed by atoms with Crippen molar-refractivity contribution in [3.05, 3.63) is 88.3 Å². The molecule has 0 aliphatic carbocycles. The van der Waals surface area contributed by atoms with Crippen molar-refractivity contribution in [3.63, 3.8) is 0 Å². The number of anilines is 1. The highest BCUT2D eigenvalue weighted by atomic mass is 32.2. The Kier molecular flexibility index (Phi) is 6.14. The molecule has 4 N–H and O–H groups in total. The lowest BCUT2D eigenvalue weighted by molar-refractivity contribution is 0.414. The third-order valence-corrected chi connectivity index (χ3v) is 5.43. The minimum atomic E-state index is 0.545. The summed E-state index contributed by atoms with van der Waals surface area (Å²) in [6.07, 6.45) is 6.17. The molecule has 4 rings (SSSR count). The second-order valence-corrected chi connectivity index (χ2v) is 7.43. The predicted octanol–water partition coefficient (Wildman–Crippen LogP) is 3.45. The van der Waals surface area contributed by atoms with Gasteiger partial charge in [-0.05, 0) is 36.2 Å². The van der Waals surface area contributed by atoms with Gasteiger partial charge in [0.15, 0.2) is 0 Å². The van der Waals surface area contributed by atoms with Gasteiger partial charge in [0, 0.05) is 36.1 Å². The van der Waals surface area contributed by atoms with Crippen LogP contribution in [-0.4, -0.2) is 28.6 Å². The standard InChI is InChI=1S/C22H22N6OS/c1-29-17-6-2-5-16(12-17)19-14-30-21(27-19)20(23)18-8-11-26-22(28-18)25-10-7-15-4-3-9-24-13-15/h2-6,8-9,11-14,27H,7,10,23H2,1H3,(H,25,26,28)/b21-20+. The van der Waals surface area contributed by atoms with E-state index in [1.807, 2.05) is 48.0 Å². The van der Waals surface area contributed by atoms with Crippen LogP contribution < -0.4 is 21.1 Å². The number of hydrogen-bond acceptors (Lipinski definition) is 8. The predicted molar refractivity (Wildman–Crippen MR) is 121 cm³/mol. The molecule has 2 aromatic heterocycles. The van der Waals surface area contributed by atoms with Gasteiger partial charge in [0.05, 0.1) is 24.2 Å². The first-order valence-corrected chi connectivity index (χ1v) is 10.3. The van der Waals surface area contributed by atoms with Crippen molar-refractivity contribution in [1.29, 1.82) is 0 Å². The number of hydrogen-bond donors (Lipinski definition) is 3. The van der Waals surface area contributed by atoms with E-state index in [4.69, 9.17) is 10.5 Å². The van der Waals surface area contributed by atoms with E-state index in [2.05, 4.69) is 25.6 Å². The molecule has 0 fully saturated rings. The fourth-order valence-electron chi connectivity index (χ4n) is 2.94. The van der Waals surface area contributed by atoms with E-state index in [1.165, 1.54) is 11.8 Å². The van der Waals surface area contributed by atoms with E-state index < -0.39 is 0 Å². The second-order valence-electron chi connectivity index (χ2n) is 6.55. The molecule has 7 nitrogen and oxygen atoms in total. The second kappa shape index (κ2) is 9.32. The third kappa shape index (κ3) is 4.72. The zero-order valence-electron chi connectivity index (χ0n) is 16.5. The van der Waals surface area contributed by atoms with Crippen LogP contribution in [-0.2, 0) is 6.42 Å². The molecule has 3 aromatic rings. The van der Waals surface area contributed by atoms with Gasteiger partial charge < -0.3 is 21.1 Å². The van der Waals surface area contributed by atoms with Gasteiger partial charge in [0.25, 0.3) is 0 Å². The van der Waals surface area contributed by atoms with Crippen LogP contribution in [0.2, 0.25) is 0 Å². The number of benzene rings is 1. The average Bonchev–Trinajstić information content (AvgIpc) is 3.30. The summed E-state index contributed by atoms with van der Waals surface area (Å²) in [4.78, 5) is 13.0. The van der Waals surface area contributed by atoms with E-state index in [-0.39, 0.29) is 0 Å². The van der Waals surface area contributed by atoms with E-state index in [0.29, 0.717) is 23.9 Å². The Labute approximate surface area is 179 Å². The Bertz CT molecular complexity index is 1080. The summed E-state index contributed by atoms with van der Waals surface area (Å²) in [6, 6.07) is 13.7. The van der Waals surface area contributed by atoms with E-state index in [0.717, 1.165) is 34.0 Å². The number of rotatable bonds is 7. The third-order valence-electron chi connectivity index (χ3n) is 4.52. The summed E-state index contributed by atoms with van der Waals surface area (Å²) in [7, 11) is 1.66. The molecule has 0 amide bonds. The van der Waals surface area contributed by atoms with Crippen LogP contribution in [0.15, 0.2) is 71.5 Å². The molecule has 1 aliphatic rings. The zero-order chi connectivity index (χ0) is 20.8. The maximum Gasteiger partial charge on any atom is 0.223 e. The molecule has 0 spiro atoms. The lowest BCUT2D eigenvalue weighted by Crippen LogP contribution is -2.13. The Morgan fingerprint density at radius 3 is 2.97 bits per heavy atom. The molecule has 0 unspecified atom stereocenters. The van der Waals surface area contributed by atoms with Crippen molar-refractivity contribution in [2.45, 2.75) is 6.42 Å². The highest BCUT2D eigenvalue weighted by molar-refractivity contribution is 8.06. The number of nitrogens with one attached hydrogen (secondary N) is 2. The first-order valence-electron chi connectivity index (χ1n) is 9.47. The molecule has 152 valence electrons. The summed E-state index contributed by atoms with van der Waals surface area (Å²) < 4.78 is 5.31. The Hall–Kier alpha value is -3.52. The normalized spacial score (nSPS) is 14.6. The molecule has 30 heavy (non-hydrogen) atoms. The fraction of sp³-hybridized carbons (Fsp3) is 0.136. The number of nitrogens with zero attached hydrogens (tertiary/aromatic N) is 3. The van der Waals surface area contributed by atoms with Crippen LogP contribution in [0, 0.1) is 0 Å². The SMILES string of the molecule is COc1cccc(C2=CS/C(=C(/N)c3ccnc(NCCc4cccnc4)n3)N2)c1. The molecule has 0 saturated heterocycles. The molecular weight excluding hydrogens is 396 g/mol. The van der Waals surface area contributed by atoms with Gasteiger partial charge in [-0.2, -0.15) is 0 Å². The highest BCUT2D eigenvalue weighted by Crippen LogP contribution is 2.34. The van der Waals surface area contributed by atoms with E-state index in [1.54, 1.807) is 25.6 Å². The van der Waals surface area contributed by atoms with E-state index >= 15 is 0 Å². The molecule has 1 aliphatic heterocycles. The van der Waals surface area contributed by atoms with Crippen LogP contribution >= 0.6 is 11.8 Å². The lowest BCUT2D eigenvalue weighted by atomic mass is 10.1. The van der Waals surface area contributed by atoms with Crippen molar-refractivity contribution in [2.75, 3.05) is 19.0 Å². The van der Waals surface area contributed by atoms with Crippen LogP contribution in [0.25, 0.3) is 11.4 Å². The van der Waals surface area contributed by atoms with Gasteiger partial charge in [0.2, 0.25) is 5.95 Å². The molecule has 0 saturated carbocycles. The van der Waals surface area contributed by atoms with Gasteiger partial charge >= 0.3 is 0 Å². The minimum Gasteiger partial charge on any atom is -0.497 e.